The van der Waals surface area contributed by atoms with Crippen LogP contribution in [0.4, 0.5) is 11.4 Å². The fourth-order valence-electron chi connectivity index (χ4n) is 2.80. The van der Waals surface area contributed by atoms with Crippen LogP contribution in [0.25, 0.3) is 0 Å². The molecule has 1 heterocycles. The average Bonchev–Trinajstić information content (AvgIpc) is 3.08. The minimum absolute atomic E-state index is 0.133. The maximum absolute atomic E-state index is 12.3. The molecule has 1 fully saturated rings. The molecule has 1 aromatic carbocycles. The molecule has 5 nitrogen and oxygen atoms in total. The molecule has 0 aliphatic heterocycles. The number of anilines is 2. The monoisotopic (exact) mass is 306 g/mol. The highest BCUT2D eigenvalue weighted by molar-refractivity contribution is 5.93. The van der Waals surface area contributed by atoms with Gasteiger partial charge in [0.25, 0.3) is 5.91 Å². The molecule has 0 saturated heterocycles. The van der Waals surface area contributed by atoms with Crippen LogP contribution in [0.5, 0.6) is 0 Å². The van der Waals surface area contributed by atoms with Gasteiger partial charge < -0.3 is 10.6 Å². The second kappa shape index (κ2) is 6.93. The quantitative estimate of drug-likeness (QED) is 0.908. The number of hydrogen-bond acceptors (Lipinski definition) is 4. The van der Waals surface area contributed by atoms with Crippen LogP contribution < -0.4 is 10.6 Å². The smallest absolute Gasteiger partial charge is 0.270 e. The Balaban J connectivity index is 1.71. The van der Waals surface area contributed by atoms with Crippen LogP contribution in [-0.4, -0.2) is 16.9 Å². The van der Waals surface area contributed by atoms with E-state index in [0.29, 0.717) is 11.3 Å². The summed E-state index contributed by atoms with van der Waals surface area (Å²) in [6, 6.07) is 13.1. The number of hydrogen-bond donors (Lipinski definition) is 2. The van der Waals surface area contributed by atoms with Gasteiger partial charge in [-0.3, -0.25) is 9.78 Å². The van der Waals surface area contributed by atoms with Gasteiger partial charge >= 0.3 is 0 Å². The van der Waals surface area contributed by atoms with Crippen molar-refractivity contribution in [1.82, 2.24) is 10.3 Å². The number of amides is 1. The lowest BCUT2D eigenvalue weighted by atomic mass is 10.2. The first-order valence-electron chi connectivity index (χ1n) is 7.79. The fourth-order valence-corrected chi connectivity index (χ4v) is 2.80. The molecule has 0 spiro atoms. The highest BCUT2D eigenvalue weighted by Gasteiger charge is 2.18. The molecule has 1 amide bonds. The molecule has 2 N–H and O–H groups in total. The summed E-state index contributed by atoms with van der Waals surface area (Å²) in [5.41, 5.74) is 2.56. The van der Waals surface area contributed by atoms with Crippen LogP contribution in [0.3, 0.4) is 0 Å². The molecule has 0 radical (unpaired) electrons. The standard InChI is InChI=1S/C18H18N4O/c19-12-13-4-3-7-15(10-13)21-16-8-9-20-17(11-16)18(23)22-14-5-1-2-6-14/h3-4,7-11,14H,1-2,5-6H2,(H,20,21)(H,22,23). The summed E-state index contributed by atoms with van der Waals surface area (Å²) in [5.74, 6) is -0.133. The highest BCUT2D eigenvalue weighted by Crippen LogP contribution is 2.20. The van der Waals surface area contributed by atoms with Crippen molar-refractivity contribution in [3.63, 3.8) is 0 Å². The normalized spacial score (nSPS) is 14.2. The Bertz CT molecular complexity index is 745. The Morgan fingerprint density at radius 1 is 1.17 bits per heavy atom. The van der Waals surface area contributed by atoms with Gasteiger partial charge in [0, 0.05) is 23.6 Å². The zero-order valence-electron chi connectivity index (χ0n) is 12.7. The van der Waals surface area contributed by atoms with Gasteiger partial charge in [-0.2, -0.15) is 5.26 Å². The van der Waals surface area contributed by atoms with Gasteiger partial charge in [0.2, 0.25) is 0 Å². The van der Waals surface area contributed by atoms with Crippen LogP contribution in [0, 0.1) is 11.3 Å². The molecule has 1 aliphatic rings. The molecule has 1 saturated carbocycles. The molecule has 0 unspecified atom stereocenters. The number of nitriles is 1. The Morgan fingerprint density at radius 3 is 2.74 bits per heavy atom. The van der Waals surface area contributed by atoms with Crippen molar-refractivity contribution in [1.29, 1.82) is 5.26 Å². The molecule has 0 bridgehead atoms. The summed E-state index contributed by atoms with van der Waals surface area (Å²) in [6.07, 6.45) is 6.06. The van der Waals surface area contributed by atoms with Crippen LogP contribution >= 0.6 is 0 Å². The Labute approximate surface area is 135 Å². The number of aromatic nitrogens is 1. The topological polar surface area (TPSA) is 77.8 Å². The van der Waals surface area contributed by atoms with E-state index in [1.807, 2.05) is 12.1 Å². The van der Waals surface area contributed by atoms with E-state index < -0.39 is 0 Å². The maximum Gasteiger partial charge on any atom is 0.270 e. The van der Waals surface area contributed by atoms with Crippen LogP contribution in [0.1, 0.15) is 41.7 Å². The first kappa shape index (κ1) is 15.0. The number of carbonyl (C=O) groups excluding carboxylic acids is 1. The van der Waals surface area contributed by atoms with E-state index in [2.05, 4.69) is 21.7 Å². The third kappa shape index (κ3) is 3.86. The van der Waals surface area contributed by atoms with Crippen molar-refractivity contribution >= 4 is 17.3 Å². The molecular weight excluding hydrogens is 288 g/mol. The summed E-state index contributed by atoms with van der Waals surface area (Å²) in [7, 11) is 0. The zero-order chi connectivity index (χ0) is 16.1. The van der Waals surface area contributed by atoms with Crippen LogP contribution in [0.2, 0.25) is 0 Å². The minimum atomic E-state index is -0.133. The summed E-state index contributed by atoms with van der Waals surface area (Å²) in [4.78, 5) is 16.4. The number of pyridine rings is 1. The van der Waals surface area contributed by atoms with Gasteiger partial charge in [0.15, 0.2) is 0 Å². The molecule has 116 valence electrons. The van der Waals surface area contributed by atoms with Gasteiger partial charge in [-0.1, -0.05) is 18.9 Å². The molecule has 0 atom stereocenters. The molecular formula is C18H18N4O. The SMILES string of the molecule is N#Cc1cccc(Nc2ccnc(C(=O)NC3CCCC3)c2)c1. The average molecular weight is 306 g/mol. The molecule has 23 heavy (non-hydrogen) atoms. The molecule has 3 rings (SSSR count). The lowest BCUT2D eigenvalue weighted by molar-refractivity contribution is 0.0933. The predicted molar refractivity (Wildman–Crippen MR) is 88.4 cm³/mol. The highest BCUT2D eigenvalue weighted by atomic mass is 16.1. The van der Waals surface area contributed by atoms with E-state index in [-0.39, 0.29) is 11.9 Å². The van der Waals surface area contributed by atoms with Gasteiger partial charge in [0.1, 0.15) is 5.69 Å². The predicted octanol–water partition coefficient (Wildman–Crippen LogP) is 3.37. The van der Waals surface area contributed by atoms with E-state index in [4.69, 9.17) is 5.26 Å². The number of nitrogens with zero attached hydrogens (tertiary/aromatic N) is 2. The van der Waals surface area contributed by atoms with E-state index in [9.17, 15) is 4.79 Å². The second-order valence-electron chi connectivity index (χ2n) is 5.70. The summed E-state index contributed by atoms with van der Waals surface area (Å²) in [6.45, 7) is 0. The minimum Gasteiger partial charge on any atom is -0.355 e. The van der Waals surface area contributed by atoms with Crippen molar-refractivity contribution in [3.8, 4) is 6.07 Å². The third-order valence-corrected chi connectivity index (χ3v) is 3.96. The number of rotatable bonds is 4. The lowest BCUT2D eigenvalue weighted by Gasteiger charge is -2.12. The van der Waals surface area contributed by atoms with E-state index in [1.165, 1.54) is 12.8 Å². The molecule has 2 aromatic rings. The summed E-state index contributed by atoms with van der Waals surface area (Å²) >= 11 is 0. The van der Waals surface area contributed by atoms with E-state index in [1.54, 1.807) is 30.5 Å². The number of nitrogens with one attached hydrogen (secondary N) is 2. The maximum atomic E-state index is 12.3. The van der Waals surface area contributed by atoms with Gasteiger partial charge in [-0.05, 0) is 43.2 Å². The van der Waals surface area contributed by atoms with Crippen molar-refractivity contribution < 1.29 is 4.79 Å². The van der Waals surface area contributed by atoms with Crippen molar-refractivity contribution in [2.45, 2.75) is 31.7 Å². The van der Waals surface area contributed by atoms with Crippen molar-refractivity contribution in [2.24, 2.45) is 0 Å². The lowest BCUT2D eigenvalue weighted by Crippen LogP contribution is -2.33. The van der Waals surface area contributed by atoms with E-state index in [0.717, 1.165) is 24.2 Å². The Morgan fingerprint density at radius 2 is 1.96 bits per heavy atom. The zero-order valence-corrected chi connectivity index (χ0v) is 12.7. The Kier molecular flexibility index (Phi) is 4.53. The molecule has 5 heteroatoms. The summed E-state index contributed by atoms with van der Waals surface area (Å²) in [5, 5.41) is 15.2. The van der Waals surface area contributed by atoms with Crippen LogP contribution in [-0.2, 0) is 0 Å². The number of benzene rings is 1. The van der Waals surface area contributed by atoms with Gasteiger partial charge in [-0.25, -0.2) is 0 Å². The fraction of sp³-hybridized carbons (Fsp3) is 0.278. The largest absolute Gasteiger partial charge is 0.355 e. The second-order valence-corrected chi connectivity index (χ2v) is 5.70. The Hall–Kier alpha value is -2.87. The van der Waals surface area contributed by atoms with Gasteiger partial charge in [-0.15, -0.1) is 0 Å². The van der Waals surface area contributed by atoms with E-state index >= 15 is 0 Å². The van der Waals surface area contributed by atoms with Crippen LogP contribution in [0.15, 0.2) is 42.6 Å². The first-order chi connectivity index (χ1) is 11.2. The summed E-state index contributed by atoms with van der Waals surface area (Å²) < 4.78 is 0. The third-order valence-electron chi connectivity index (χ3n) is 3.96. The molecule has 1 aromatic heterocycles. The molecule has 1 aliphatic carbocycles. The van der Waals surface area contributed by atoms with Gasteiger partial charge in [0.05, 0.1) is 11.6 Å². The van der Waals surface area contributed by atoms with Crippen molar-refractivity contribution in [3.05, 3.63) is 53.9 Å². The number of carbonyl (C=O) groups is 1. The first-order valence-corrected chi connectivity index (χ1v) is 7.79. The van der Waals surface area contributed by atoms with Crippen molar-refractivity contribution in [2.75, 3.05) is 5.32 Å².